The summed E-state index contributed by atoms with van der Waals surface area (Å²) >= 11 is 0. The minimum absolute atomic E-state index is 0.180. The molecule has 0 aliphatic rings. The standard InChI is InChI=1S/C20H26N4O/c1-14-6-11-19(15(2)12-14)22-16(3)20(25)23-21-13-17-7-9-18(10-8-17)24(4)5/h6-13,16,22H,1-5H3,(H,23,25). The lowest BCUT2D eigenvalue weighted by Crippen LogP contribution is -2.35. The molecule has 1 atom stereocenters. The van der Waals surface area contributed by atoms with Gasteiger partial charge in [-0.3, -0.25) is 4.79 Å². The van der Waals surface area contributed by atoms with Crippen LogP contribution < -0.4 is 15.6 Å². The molecule has 0 spiro atoms. The fourth-order valence-corrected chi connectivity index (χ4v) is 2.40. The van der Waals surface area contributed by atoms with Gasteiger partial charge in [0.25, 0.3) is 5.91 Å². The fourth-order valence-electron chi connectivity index (χ4n) is 2.40. The van der Waals surface area contributed by atoms with Crippen LogP contribution >= 0.6 is 0 Å². The zero-order chi connectivity index (χ0) is 18.4. The lowest BCUT2D eigenvalue weighted by molar-refractivity contribution is -0.121. The number of anilines is 2. The molecule has 0 saturated heterocycles. The molecule has 1 amide bonds. The molecule has 2 aromatic rings. The number of hydrogen-bond donors (Lipinski definition) is 2. The highest BCUT2D eigenvalue weighted by Gasteiger charge is 2.12. The summed E-state index contributed by atoms with van der Waals surface area (Å²) in [6.07, 6.45) is 1.64. The van der Waals surface area contributed by atoms with Crippen LogP contribution in [0.4, 0.5) is 11.4 Å². The molecule has 2 rings (SSSR count). The Kier molecular flexibility index (Phi) is 6.17. The first-order valence-electron chi connectivity index (χ1n) is 8.31. The maximum atomic E-state index is 12.2. The van der Waals surface area contributed by atoms with Crippen LogP contribution in [-0.2, 0) is 4.79 Å². The number of nitrogens with one attached hydrogen (secondary N) is 2. The molecule has 0 radical (unpaired) electrons. The van der Waals surface area contributed by atoms with Gasteiger partial charge in [-0.2, -0.15) is 5.10 Å². The van der Waals surface area contributed by atoms with Crippen LogP contribution in [0.3, 0.4) is 0 Å². The van der Waals surface area contributed by atoms with Crippen molar-refractivity contribution in [3.05, 3.63) is 59.2 Å². The largest absolute Gasteiger partial charge is 0.378 e. The number of hydrogen-bond acceptors (Lipinski definition) is 4. The van der Waals surface area contributed by atoms with E-state index in [0.717, 1.165) is 22.5 Å². The van der Waals surface area contributed by atoms with E-state index in [-0.39, 0.29) is 11.9 Å². The van der Waals surface area contributed by atoms with Crippen molar-refractivity contribution in [2.75, 3.05) is 24.3 Å². The molecule has 132 valence electrons. The molecule has 0 bridgehead atoms. The van der Waals surface area contributed by atoms with E-state index in [1.165, 1.54) is 5.56 Å². The first-order chi connectivity index (χ1) is 11.9. The second kappa shape index (κ2) is 8.33. The Morgan fingerprint density at radius 1 is 1.12 bits per heavy atom. The maximum Gasteiger partial charge on any atom is 0.262 e. The van der Waals surface area contributed by atoms with Gasteiger partial charge in [-0.15, -0.1) is 0 Å². The Morgan fingerprint density at radius 2 is 1.80 bits per heavy atom. The van der Waals surface area contributed by atoms with Crippen LogP contribution in [-0.4, -0.2) is 32.3 Å². The molecule has 0 fully saturated rings. The second-order valence-corrected chi connectivity index (χ2v) is 6.40. The fraction of sp³-hybridized carbons (Fsp3) is 0.300. The van der Waals surface area contributed by atoms with Gasteiger partial charge in [-0.05, 0) is 50.1 Å². The molecule has 0 aliphatic heterocycles. The lowest BCUT2D eigenvalue weighted by atomic mass is 10.1. The molecule has 0 aliphatic carbocycles. The number of rotatable bonds is 6. The van der Waals surface area contributed by atoms with E-state index >= 15 is 0 Å². The molecule has 1 unspecified atom stereocenters. The van der Waals surface area contributed by atoms with Crippen LogP contribution in [0.15, 0.2) is 47.6 Å². The lowest BCUT2D eigenvalue weighted by Gasteiger charge is -2.15. The highest BCUT2D eigenvalue weighted by molar-refractivity contribution is 5.86. The van der Waals surface area contributed by atoms with E-state index in [1.54, 1.807) is 6.21 Å². The highest BCUT2D eigenvalue weighted by atomic mass is 16.2. The Labute approximate surface area is 149 Å². The molecule has 2 aromatic carbocycles. The zero-order valence-corrected chi connectivity index (χ0v) is 15.5. The average molecular weight is 338 g/mol. The zero-order valence-electron chi connectivity index (χ0n) is 15.5. The van der Waals surface area contributed by atoms with Gasteiger partial charge < -0.3 is 10.2 Å². The quantitative estimate of drug-likeness (QED) is 0.627. The number of carbonyl (C=O) groups excluding carboxylic acids is 1. The average Bonchev–Trinajstić information content (AvgIpc) is 2.57. The summed E-state index contributed by atoms with van der Waals surface area (Å²) in [5.41, 5.74) is 7.90. The van der Waals surface area contributed by atoms with Crippen molar-refractivity contribution in [2.24, 2.45) is 5.10 Å². The number of benzene rings is 2. The van der Waals surface area contributed by atoms with Crippen molar-refractivity contribution in [3.63, 3.8) is 0 Å². The maximum absolute atomic E-state index is 12.2. The van der Waals surface area contributed by atoms with Gasteiger partial charge in [-0.1, -0.05) is 29.8 Å². The van der Waals surface area contributed by atoms with E-state index in [2.05, 4.69) is 21.9 Å². The first-order valence-corrected chi connectivity index (χ1v) is 8.31. The van der Waals surface area contributed by atoms with Crippen LogP contribution in [0.2, 0.25) is 0 Å². The van der Waals surface area contributed by atoms with Crippen LogP contribution in [0, 0.1) is 13.8 Å². The number of hydrazone groups is 1. The summed E-state index contributed by atoms with van der Waals surface area (Å²) in [6, 6.07) is 13.7. The van der Waals surface area contributed by atoms with Gasteiger partial charge in [0.1, 0.15) is 6.04 Å². The first kappa shape index (κ1) is 18.5. The predicted octanol–water partition coefficient (Wildman–Crippen LogP) is 3.32. The van der Waals surface area contributed by atoms with Crippen molar-refractivity contribution in [1.82, 2.24) is 5.43 Å². The van der Waals surface area contributed by atoms with E-state index in [9.17, 15) is 4.79 Å². The summed E-state index contributed by atoms with van der Waals surface area (Å²) in [5, 5.41) is 7.25. The van der Waals surface area contributed by atoms with Gasteiger partial charge in [0.2, 0.25) is 0 Å². The Hall–Kier alpha value is -2.82. The second-order valence-electron chi connectivity index (χ2n) is 6.40. The van der Waals surface area contributed by atoms with Gasteiger partial charge >= 0.3 is 0 Å². The SMILES string of the molecule is Cc1ccc(NC(C)C(=O)NN=Cc2ccc(N(C)C)cc2)c(C)c1. The van der Waals surface area contributed by atoms with E-state index in [4.69, 9.17) is 0 Å². The third-order valence-electron chi connectivity index (χ3n) is 3.95. The van der Waals surface area contributed by atoms with Crippen LogP contribution in [0.25, 0.3) is 0 Å². The summed E-state index contributed by atoms with van der Waals surface area (Å²) in [6.45, 7) is 5.89. The molecule has 0 saturated carbocycles. The van der Waals surface area contributed by atoms with Crippen LogP contribution in [0.5, 0.6) is 0 Å². The third kappa shape index (κ3) is 5.35. The molecule has 0 aromatic heterocycles. The smallest absolute Gasteiger partial charge is 0.262 e. The molecular weight excluding hydrogens is 312 g/mol. The Bertz CT molecular complexity index is 751. The topological polar surface area (TPSA) is 56.7 Å². The minimum atomic E-state index is -0.380. The van der Waals surface area contributed by atoms with Crippen molar-refractivity contribution in [1.29, 1.82) is 0 Å². The molecule has 5 nitrogen and oxygen atoms in total. The number of carbonyl (C=O) groups is 1. The molecule has 5 heteroatoms. The van der Waals surface area contributed by atoms with Crippen molar-refractivity contribution in [3.8, 4) is 0 Å². The van der Waals surface area contributed by atoms with E-state index in [0.29, 0.717) is 0 Å². The molecule has 0 heterocycles. The number of amides is 1. The molecular formula is C20H26N4O. The van der Waals surface area contributed by atoms with Crippen molar-refractivity contribution in [2.45, 2.75) is 26.8 Å². The summed E-state index contributed by atoms with van der Waals surface area (Å²) in [4.78, 5) is 14.2. The monoisotopic (exact) mass is 338 g/mol. The predicted molar refractivity (Wildman–Crippen MR) is 106 cm³/mol. The van der Waals surface area contributed by atoms with Gasteiger partial charge in [-0.25, -0.2) is 5.43 Å². The highest BCUT2D eigenvalue weighted by Crippen LogP contribution is 2.17. The number of aryl methyl sites for hydroxylation is 2. The van der Waals surface area contributed by atoms with Crippen molar-refractivity contribution < 1.29 is 4.79 Å². The Balaban J connectivity index is 1.90. The minimum Gasteiger partial charge on any atom is -0.378 e. The normalized spacial score (nSPS) is 12.0. The van der Waals surface area contributed by atoms with Gasteiger partial charge in [0, 0.05) is 25.5 Å². The molecule has 2 N–H and O–H groups in total. The van der Waals surface area contributed by atoms with E-state index in [1.807, 2.05) is 76.2 Å². The van der Waals surface area contributed by atoms with Gasteiger partial charge in [0.05, 0.1) is 6.21 Å². The van der Waals surface area contributed by atoms with Crippen LogP contribution in [0.1, 0.15) is 23.6 Å². The number of nitrogens with zero attached hydrogens (tertiary/aromatic N) is 2. The van der Waals surface area contributed by atoms with Crippen molar-refractivity contribution >= 4 is 23.5 Å². The summed E-state index contributed by atoms with van der Waals surface area (Å²) in [5.74, 6) is -0.180. The van der Waals surface area contributed by atoms with Gasteiger partial charge in [0.15, 0.2) is 0 Å². The summed E-state index contributed by atoms with van der Waals surface area (Å²) < 4.78 is 0. The van der Waals surface area contributed by atoms with E-state index < -0.39 is 0 Å². The molecule has 25 heavy (non-hydrogen) atoms. The summed E-state index contributed by atoms with van der Waals surface area (Å²) in [7, 11) is 3.99. The Morgan fingerprint density at radius 3 is 2.40 bits per heavy atom. The third-order valence-corrected chi connectivity index (χ3v) is 3.95.